The smallest absolute Gasteiger partial charge is 0.209 e. The zero-order valence-corrected chi connectivity index (χ0v) is 19.3. The molecule has 0 unspecified atom stereocenters. The Hall–Kier alpha value is -2.98. The molecule has 1 aliphatic heterocycles. The van der Waals surface area contributed by atoms with Crippen molar-refractivity contribution in [2.75, 3.05) is 11.5 Å². The molecule has 210 valence electrons. The molecule has 0 aliphatic carbocycles. The van der Waals surface area contributed by atoms with Gasteiger partial charge in [0.1, 0.15) is 34.9 Å². The molecule has 17 heteroatoms. The van der Waals surface area contributed by atoms with Crippen molar-refractivity contribution in [1.29, 1.82) is 0 Å². The lowest BCUT2D eigenvalue weighted by atomic mass is 9.33. The minimum absolute atomic E-state index is 0.160. The van der Waals surface area contributed by atoms with Gasteiger partial charge < -0.3 is 0 Å². The van der Waals surface area contributed by atoms with Gasteiger partial charge in [-0.3, -0.25) is 0 Å². The molecular weight excluding hydrogens is 592 g/mol. The summed E-state index contributed by atoms with van der Waals surface area (Å²) in [5, 5.41) is 0. The van der Waals surface area contributed by atoms with Gasteiger partial charge in [-0.05, 0) is 12.8 Å². The first-order chi connectivity index (χ1) is 18.1. The number of halogens is 15. The van der Waals surface area contributed by atoms with E-state index < -0.39 is 131 Å². The SMILES string of the molecule is Fc1c(F)c(F)c([B-](c2c(F)c(F)c(F)c(F)c2F)(c2c(F)c(F)c(F)c(F)c2F)[S+]2CCCC2)c(F)c1F. The summed E-state index contributed by atoms with van der Waals surface area (Å²) in [5.41, 5.74) is -12.9. The maximum atomic E-state index is 15.3. The molecule has 0 bridgehead atoms. The molecule has 0 radical (unpaired) electrons. The summed E-state index contributed by atoms with van der Waals surface area (Å²) < 4.78 is 220. The fraction of sp³-hybridized carbons (Fsp3) is 0.182. The van der Waals surface area contributed by atoms with E-state index in [4.69, 9.17) is 0 Å². The lowest BCUT2D eigenvalue weighted by Crippen LogP contribution is -2.77. The molecule has 0 N–H and O–H groups in total. The first-order valence-electron chi connectivity index (χ1n) is 10.5. The van der Waals surface area contributed by atoms with Gasteiger partial charge in [0.05, 0.1) is 11.5 Å². The predicted octanol–water partition coefficient (Wildman–Crippen LogP) is 5.15. The molecule has 0 nitrogen and oxygen atoms in total. The second-order valence-electron chi connectivity index (χ2n) is 8.39. The van der Waals surface area contributed by atoms with Gasteiger partial charge in [0.25, 0.3) is 0 Å². The van der Waals surface area contributed by atoms with Crippen molar-refractivity contribution < 1.29 is 65.9 Å². The zero-order chi connectivity index (χ0) is 29.3. The summed E-state index contributed by atoms with van der Waals surface area (Å²) in [7, 11) is -2.55. The zero-order valence-electron chi connectivity index (χ0n) is 18.5. The summed E-state index contributed by atoms with van der Waals surface area (Å²) >= 11 is 0. The van der Waals surface area contributed by atoms with Crippen molar-refractivity contribution in [3.8, 4) is 0 Å². The van der Waals surface area contributed by atoms with Crippen LogP contribution in [-0.2, 0) is 10.7 Å². The molecule has 3 aromatic rings. The van der Waals surface area contributed by atoms with Crippen LogP contribution in [0.1, 0.15) is 12.8 Å². The molecule has 1 heterocycles. The topological polar surface area (TPSA) is 0 Å². The molecule has 0 aromatic heterocycles. The molecule has 0 saturated carbocycles. The van der Waals surface area contributed by atoms with Gasteiger partial charge >= 0.3 is 5.42 Å². The molecule has 39 heavy (non-hydrogen) atoms. The minimum Gasteiger partial charge on any atom is -0.209 e. The third-order valence-corrected chi connectivity index (χ3v) is 9.85. The summed E-state index contributed by atoms with van der Waals surface area (Å²) in [6.07, 6.45) is -0.320. The van der Waals surface area contributed by atoms with E-state index >= 15 is 26.3 Å². The summed E-state index contributed by atoms with van der Waals surface area (Å²) in [5.74, 6) is -45.6. The van der Waals surface area contributed by atoms with Crippen LogP contribution in [0.2, 0.25) is 0 Å². The van der Waals surface area contributed by atoms with Gasteiger partial charge in [0, 0.05) is 0 Å². The maximum Gasteiger partial charge on any atom is 0.320 e. The molecule has 1 aliphatic rings. The van der Waals surface area contributed by atoms with Crippen LogP contribution >= 0.6 is 0 Å². The average molecular weight is 600 g/mol. The highest BCUT2D eigenvalue weighted by Gasteiger charge is 2.59. The second kappa shape index (κ2) is 9.89. The summed E-state index contributed by atoms with van der Waals surface area (Å²) in [4.78, 5) is 0. The Morgan fingerprint density at radius 2 is 0.487 bits per heavy atom. The maximum absolute atomic E-state index is 15.3. The molecule has 0 spiro atoms. The Morgan fingerprint density at radius 3 is 0.692 bits per heavy atom. The van der Waals surface area contributed by atoms with Crippen LogP contribution in [0.15, 0.2) is 0 Å². The van der Waals surface area contributed by atoms with Gasteiger partial charge in [-0.1, -0.05) is 16.4 Å². The van der Waals surface area contributed by atoms with Gasteiger partial charge in [-0.25, -0.2) is 76.6 Å². The van der Waals surface area contributed by atoms with Gasteiger partial charge in [-0.2, -0.15) is 0 Å². The lowest BCUT2D eigenvalue weighted by Gasteiger charge is -2.41. The predicted molar refractivity (Wildman–Crippen MR) is 110 cm³/mol. The van der Waals surface area contributed by atoms with E-state index in [9.17, 15) is 39.5 Å². The monoisotopic (exact) mass is 600 g/mol. The Balaban J connectivity index is 2.47. The molecule has 1 saturated heterocycles. The van der Waals surface area contributed by atoms with Crippen LogP contribution in [0, 0.1) is 87.3 Å². The number of hydrogen-bond acceptors (Lipinski definition) is 0. The minimum atomic E-state index is -5.39. The Bertz CT molecular complexity index is 1280. The second-order valence-corrected chi connectivity index (χ2v) is 11.0. The van der Waals surface area contributed by atoms with Gasteiger partial charge in [0.15, 0.2) is 52.4 Å². The highest BCUT2D eigenvalue weighted by atomic mass is 32.2. The van der Waals surface area contributed by atoms with E-state index in [-0.39, 0.29) is 12.8 Å². The van der Waals surface area contributed by atoms with Crippen molar-refractivity contribution in [3.63, 3.8) is 0 Å². The van der Waals surface area contributed by atoms with E-state index in [0.717, 1.165) is 0 Å². The first kappa shape index (κ1) is 29.0. The van der Waals surface area contributed by atoms with Crippen molar-refractivity contribution in [3.05, 3.63) is 87.3 Å². The van der Waals surface area contributed by atoms with E-state index in [1.807, 2.05) is 0 Å². The average Bonchev–Trinajstić information content (AvgIpc) is 3.46. The van der Waals surface area contributed by atoms with Crippen molar-refractivity contribution in [2.24, 2.45) is 0 Å². The largest absolute Gasteiger partial charge is 0.320 e. The molecule has 4 rings (SSSR count). The molecule has 0 amide bonds. The van der Waals surface area contributed by atoms with E-state index in [1.165, 1.54) is 0 Å². The number of rotatable bonds is 4. The molecule has 0 atom stereocenters. The molecular formula is C22H8BF15S. The van der Waals surface area contributed by atoms with Crippen LogP contribution in [0.3, 0.4) is 0 Å². The van der Waals surface area contributed by atoms with E-state index in [1.54, 1.807) is 0 Å². The van der Waals surface area contributed by atoms with Gasteiger partial charge in [-0.15, -0.1) is 0 Å². The summed E-state index contributed by atoms with van der Waals surface area (Å²) in [6, 6.07) is 0. The van der Waals surface area contributed by atoms with Crippen molar-refractivity contribution in [2.45, 2.75) is 12.8 Å². The van der Waals surface area contributed by atoms with E-state index in [0.29, 0.717) is 0 Å². The lowest BCUT2D eigenvalue weighted by molar-refractivity contribution is 0.380. The Morgan fingerprint density at radius 1 is 0.308 bits per heavy atom. The fourth-order valence-electron chi connectivity index (χ4n) is 4.90. The quantitative estimate of drug-likeness (QED) is 0.128. The third kappa shape index (κ3) is 3.82. The van der Waals surface area contributed by atoms with Crippen molar-refractivity contribution >= 4 is 32.6 Å². The number of hydrogen-bond donors (Lipinski definition) is 0. The number of benzene rings is 3. The fourth-order valence-corrected chi connectivity index (χ4v) is 8.58. The van der Waals surface area contributed by atoms with Crippen LogP contribution in [0.5, 0.6) is 0 Å². The van der Waals surface area contributed by atoms with Crippen LogP contribution in [0.25, 0.3) is 0 Å². The van der Waals surface area contributed by atoms with Crippen LogP contribution in [-0.4, -0.2) is 16.9 Å². The summed E-state index contributed by atoms with van der Waals surface area (Å²) in [6.45, 7) is 0. The van der Waals surface area contributed by atoms with Crippen molar-refractivity contribution in [1.82, 2.24) is 0 Å². The third-order valence-electron chi connectivity index (χ3n) is 6.51. The Kier molecular flexibility index (Phi) is 7.36. The molecule has 3 aromatic carbocycles. The molecule has 1 fully saturated rings. The van der Waals surface area contributed by atoms with Crippen LogP contribution in [0.4, 0.5) is 65.9 Å². The standard InChI is InChI=1S/C22H8BF15S/c24-8-5(9(25)15(31)20(36)14(8)30)23(39-3-1-2-4-39,6-10(26)16(32)21(37)17(33)11(6)27)7-12(28)18(34)22(38)19(35)13(7)29/h1-4H2. The highest BCUT2D eigenvalue weighted by molar-refractivity contribution is 8.30. The van der Waals surface area contributed by atoms with Gasteiger partial charge in [0.2, 0.25) is 0 Å². The first-order valence-corrected chi connectivity index (χ1v) is 12.1. The van der Waals surface area contributed by atoms with E-state index in [2.05, 4.69) is 0 Å². The normalized spacial score (nSPS) is 14.5. The van der Waals surface area contributed by atoms with Crippen LogP contribution < -0.4 is 16.4 Å². The highest BCUT2D eigenvalue weighted by Crippen LogP contribution is 2.34. The Labute approximate surface area is 210 Å².